The van der Waals surface area contributed by atoms with Gasteiger partial charge in [0, 0.05) is 51.4 Å². The molecule has 0 aliphatic carbocycles. The minimum absolute atomic E-state index is 0.00647. The molecule has 1 aromatic rings. The number of aliphatic hydroxyl groups excluding tert-OH is 1. The quantitative estimate of drug-likeness (QED) is 0.699. The molecule has 2 aliphatic heterocycles. The van der Waals surface area contributed by atoms with Gasteiger partial charge in [-0.15, -0.1) is 0 Å². The molecule has 0 bridgehead atoms. The number of carbonyl (C=O) groups is 2. The van der Waals surface area contributed by atoms with Crippen LogP contribution in [-0.2, 0) is 11.2 Å². The Labute approximate surface area is 147 Å². The summed E-state index contributed by atoms with van der Waals surface area (Å²) >= 11 is 0. The number of aldehydes is 1. The molecule has 0 saturated carbocycles. The summed E-state index contributed by atoms with van der Waals surface area (Å²) in [5.41, 5.74) is 2.77. The number of fused-ring (bicyclic) bond motifs is 1. The number of nitrogens with one attached hydrogen (secondary N) is 1. The maximum Gasteiger partial charge on any atom is 0.255 e. The van der Waals surface area contributed by atoms with Crippen molar-refractivity contribution in [1.29, 1.82) is 0 Å². The Morgan fingerprint density at radius 1 is 1.28 bits per heavy atom. The van der Waals surface area contributed by atoms with Crippen LogP contribution in [0.2, 0.25) is 0 Å². The maximum atomic E-state index is 12.9. The second-order valence-corrected chi connectivity index (χ2v) is 6.93. The van der Waals surface area contributed by atoms with Crippen LogP contribution in [0, 0.1) is 12.8 Å². The van der Waals surface area contributed by atoms with Gasteiger partial charge in [-0.25, -0.2) is 0 Å². The van der Waals surface area contributed by atoms with E-state index in [1.165, 1.54) is 0 Å². The molecular formula is C18H27N3O4. The number of nitrogens with zero attached hydrogens (tertiary/aromatic N) is 2. The van der Waals surface area contributed by atoms with E-state index in [0.29, 0.717) is 30.8 Å². The Morgan fingerprint density at radius 2 is 2.04 bits per heavy atom. The van der Waals surface area contributed by atoms with Crippen LogP contribution in [0.15, 0.2) is 0 Å². The van der Waals surface area contributed by atoms with Gasteiger partial charge in [-0.1, -0.05) is 0 Å². The Bertz CT molecular complexity index is 622. The van der Waals surface area contributed by atoms with Crippen molar-refractivity contribution in [1.82, 2.24) is 14.8 Å². The molecule has 3 heterocycles. The van der Waals surface area contributed by atoms with Crippen LogP contribution in [0.5, 0.6) is 0 Å². The molecule has 1 saturated heterocycles. The third-order valence-corrected chi connectivity index (χ3v) is 5.25. The first-order valence-corrected chi connectivity index (χ1v) is 9.01. The van der Waals surface area contributed by atoms with Gasteiger partial charge in [0.2, 0.25) is 0 Å². The van der Waals surface area contributed by atoms with Gasteiger partial charge in [0.05, 0.1) is 24.5 Å². The van der Waals surface area contributed by atoms with Crippen LogP contribution in [0.4, 0.5) is 0 Å². The minimum Gasteiger partial charge on any atom is -0.396 e. The summed E-state index contributed by atoms with van der Waals surface area (Å²) in [6, 6.07) is 0. The Kier molecular flexibility index (Phi) is 5.88. The van der Waals surface area contributed by atoms with Crippen molar-refractivity contribution >= 4 is 12.2 Å². The van der Waals surface area contributed by atoms with Gasteiger partial charge in [0.25, 0.3) is 5.91 Å². The van der Waals surface area contributed by atoms with Crippen LogP contribution < -0.4 is 0 Å². The van der Waals surface area contributed by atoms with Crippen LogP contribution in [0.3, 0.4) is 0 Å². The molecule has 25 heavy (non-hydrogen) atoms. The van der Waals surface area contributed by atoms with Crippen molar-refractivity contribution in [3.05, 3.63) is 22.5 Å². The van der Waals surface area contributed by atoms with Crippen molar-refractivity contribution in [3.63, 3.8) is 0 Å². The van der Waals surface area contributed by atoms with E-state index in [1.54, 1.807) is 0 Å². The molecule has 7 heteroatoms. The van der Waals surface area contributed by atoms with Crippen LogP contribution in [0.25, 0.3) is 0 Å². The van der Waals surface area contributed by atoms with Crippen molar-refractivity contribution in [2.24, 2.45) is 5.92 Å². The molecule has 2 aliphatic rings. The van der Waals surface area contributed by atoms with Crippen LogP contribution >= 0.6 is 0 Å². The van der Waals surface area contributed by atoms with Gasteiger partial charge in [-0.05, 0) is 24.8 Å². The molecule has 1 fully saturated rings. The lowest BCUT2D eigenvalue weighted by atomic mass is 9.99. The smallest absolute Gasteiger partial charge is 0.255 e. The van der Waals surface area contributed by atoms with Gasteiger partial charge in [-0.3, -0.25) is 14.5 Å². The molecule has 1 amide bonds. The molecule has 7 nitrogen and oxygen atoms in total. The summed E-state index contributed by atoms with van der Waals surface area (Å²) in [6.45, 7) is 7.39. The fourth-order valence-corrected chi connectivity index (χ4v) is 3.84. The zero-order valence-electron chi connectivity index (χ0n) is 14.8. The summed E-state index contributed by atoms with van der Waals surface area (Å²) in [6.07, 6.45) is 2.19. The monoisotopic (exact) mass is 349 g/mol. The maximum absolute atomic E-state index is 12.9. The second kappa shape index (κ2) is 8.12. The van der Waals surface area contributed by atoms with Crippen molar-refractivity contribution < 1.29 is 19.4 Å². The fraction of sp³-hybridized carbons (Fsp3) is 0.667. The molecule has 1 unspecified atom stereocenters. The van der Waals surface area contributed by atoms with Gasteiger partial charge < -0.3 is 19.7 Å². The SMILES string of the molecule is Cc1c(C=O)[nH]c2c1C(=O)N(CC(CCO)CN1CCOCC1)CC2. The Balaban J connectivity index is 1.68. The lowest BCUT2D eigenvalue weighted by Gasteiger charge is -2.34. The molecule has 3 rings (SSSR count). The highest BCUT2D eigenvalue weighted by Crippen LogP contribution is 2.25. The highest BCUT2D eigenvalue weighted by atomic mass is 16.5. The van der Waals surface area contributed by atoms with Crippen molar-refractivity contribution in [2.45, 2.75) is 19.8 Å². The lowest BCUT2D eigenvalue weighted by Crippen LogP contribution is -2.45. The van der Waals surface area contributed by atoms with Gasteiger partial charge in [-0.2, -0.15) is 0 Å². The third-order valence-electron chi connectivity index (χ3n) is 5.25. The Morgan fingerprint density at radius 3 is 2.72 bits per heavy atom. The average Bonchev–Trinajstić information content (AvgIpc) is 2.95. The summed E-state index contributed by atoms with van der Waals surface area (Å²) in [4.78, 5) is 31.3. The molecule has 0 spiro atoms. The lowest BCUT2D eigenvalue weighted by molar-refractivity contribution is 0.0245. The van der Waals surface area contributed by atoms with E-state index < -0.39 is 0 Å². The molecule has 0 radical (unpaired) electrons. The highest BCUT2D eigenvalue weighted by molar-refractivity contribution is 6.00. The predicted octanol–water partition coefficient (Wildman–Crippen LogP) is 0.465. The summed E-state index contributed by atoms with van der Waals surface area (Å²) in [7, 11) is 0. The molecular weight excluding hydrogens is 322 g/mol. The van der Waals surface area contributed by atoms with E-state index in [-0.39, 0.29) is 18.4 Å². The largest absolute Gasteiger partial charge is 0.396 e. The van der Waals surface area contributed by atoms with E-state index in [1.807, 2.05) is 11.8 Å². The van der Waals surface area contributed by atoms with Gasteiger partial charge in [0.15, 0.2) is 6.29 Å². The summed E-state index contributed by atoms with van der Waals surface area (Å²) < 4.78 is 5.39. The van der Waals surface area contributed by atoms with Gasteiger partial charge >= 0.3 is 0 Å². The Hall–Kier alpha value is -1.70. The van der Waals surface area contributed by atoms with Crippen molar-refractivity contribution in [2.75, 3.05) is 52.5 Å². The van der Waals surface area contributed by atoms with Crippen molar-refractivity contribution in [3.8, 4) is 0 Å². The zero-order valence-corrected chi connectivity index (χ0v) is 14.8. The van der Waals surface area contributed by atoms with E-state index in [9.17, 15) is 14.7 Å². The second-order valence-electron chi connectivity index (χ2n) is 6.93. The molecule has 0 aromatic carbocycles. The first kappa shape index (κ1) is 18.1. The number of carbonyl (C=O) groups excluding carboxylic acids is 2. The van der Waals surface area contributed by atoms with E-state index >= 15 is 0 Å². The fourth-order valence-electron chi connectivity index (χ4n) is 3.84. The normalized spacial score (nSPS) is 19.8. The van der Waals surface area contributed by atoms with Crippen LogP contribution in [-0.4, -0.2) is 84.6 Å². The highest BCUT2D eigenvalue weighted by Gasteiger charge is 2.31. The number of hydrogen-bond acceptors (Lipinski definition) is 5. The number of H-pyrrole nitrogens is 1. The molecule has 2 N–H and O–H groups in total. The minimum atomic E-state index is -0.00647. The standard InChI is InChI=1S/C18H27N3O4/c1-13-16(12-23)19-15-2-4-21(18(24)17(13)15)11-14(3-7-22)10-20-5-8-25-9-6-20/h12,14,19,22H,2-11H2,1H3. The van der Waals surface area contributed by atoms with Gasteiger partial charge in [0.1, 0.15) is 0 Å². The number of hydrogen-bond donors (Lipinski definition) is 2. The number of morpholine rings is 1. The predicted molar refractivity (Wildman–Crippen MR) is 93.0 cm³/mol. The summed E-state index contributed by atoms with van der Waals surface area (Å²) in [5.74, 6) is 0.228. The number of aromatic amines is 1. The number of aromatic nitrogens is 1. The topological polar surface area (TPSA) is 85.9 Å². The molecule has 1 atom stereocenters. The summed E-state index contributed by atoms with van der Waals surface area (Å²) in [5, 5.41) is 9.41. The molecule has 1 aromatic heterocycles. The number of amides is 1. The first-order valence-electron chi connectivity index (χ1n) is 9.01. The van der Waals surface area contributed by atoms with E-state index in [0.717, 1.165) is 56.8 Å². The first-order chi connectivity index (χ1) is 12.1. The molecule has 138 valence electrons. The third kappa shape index (κ3) is 3.94. The zero-order chi connectivity index (χ0) is 17.8. The van der Waals surface area contributed by atoms with E-state index in [2.05, 4.69) is 9.88 Å². The van der Waals surface area contributed by atoms with Crippen LogP contribution in [0.1, 0.15) is 38.5 Å². The number of aliphatic hydroxyl groups is 1. The number of ether oxygens (including phenoxy) is 1. The number of rotatable bonds is 7. The average molecular weight is 349 g/mol. The van der Waals surface area contributed by atoms with E-state index in [4.69, 9.17) is 4.74 Å².